The van der Waals surface area contributed by atoms with E-state index in [-0.39, 0.29) is 11.7 Å². The SMILES string of the molecule is COCCC(C)Oc1ccc(N)cc1C(=O)O. The molecule has 5 heteroatoms. The first-order valence-electron chi connectivity index (χ1n) is 5.33. The Balaban J connectivity index is 2.79. The molecule has 0 saturated heterocycles. The predicted molar refractivity (Wildman–Crippen MR) is 64.4 cm³/mol. The fourth-order valence-electron chi connectivity index (χ4n) is 1.38. The first-order chi connectivity index (χ1) is 8.04. The smallest absolute Gasteiger partial charge is 0.339 e. The van der Waals surface area contributed by atoms with Crippen molar-refractivity contribution in [3.8, 4) is 5.75 Å². The Morgan fingerprint density at radius 3 is 2.82 bits per heavy atom. The zero-order valence-corrected chi connectivity index (χ0v) is 9.97. The summed E-state index contributed by atoms with van der Waals surface area (Å²) in [6.07, 6.45) is 0.580. The summed E-state index contributed by atoms with van der Waals surface area (Å²) in [6, 6.07) is 4.58. The number of carbonyl (C=O) groups is 1. The van der Waals surface area contributed by atoms with Crippen molar-refractivity contribution >= 4 is 11.7 Å². The molecular weight excluding hydrogens is 222 g/mol. The Kier molecular flexibility index (Phi) is 4.78. The molecule has 0 amide bonds. The van der Waals surface area contributed by atoms with Crippen LogP contribution in [0.3, 0.4) is 0 Å². The molecule has 1 unspecified atom stereocenters. The molecule has 94 valence electrons. The number of hydrogen-bond donors (Lipinski definition) is 2. The van der Waals surface area contributed by atoms with Crippen molar-refractivity contribution in [3.05, 3.63) is 23.8 Å². The van der Waals surface area contributed by atoms with Crippen LogP contribution in [-0.2, 0) is 4.74 Å². The number of aromatic carboxylic acids is 1. The van der Waals surface area contributed by atoms with E-state index in [9.17, 15) is 4.79 Å². The molecule has 3 N–H and O–H groups in total. The summed E-state index contributed by atoms with van der Waals surface area (Å²) < 4.78 is 10.5. The van der Waals surface area contributed by atoms with Gasteiger partial charge >= 0.3 is 5.97 Å². The van der Waals surface area contributed by atoms with E-state index >= 15 is 0 Å². The molecule has 0 radical (unpaired) electrons. The summed E-state index contributed by atoms with van der Waals surface area (Å²) in [4.78, 5) is 11.0. The minimum atomic E-state index is -1.05. The van der Waals surface area contributed by atoms with Gasteiger partial charge in [-0.1, -0.05) is 0 Å². The Morgan fingerprint density at radius 2 is 2.24 bits per heavy atom. The van der Waals surface area contributed by atoms with Crippen LogP contribution in [0.15, 0.2) is 18.2 Å². The zero-order valence-electron chi connectivity index (χ0n) is 9.97. The van der Waals surface area contributed by atoms with E-state index in [1.54, 1.807) is 19.2 Å². The van der Waals surface area contributed by atoms with E-state index in [1.807, 2.05) is 6.92 Å². The van der Waals surface area contributed by atoms with Gasteiger partial charge in [-0.05, 0) is 25.1 Å². The number of rotatable bonds is 6. The molecule has 0 aliphatic heterocycles. The van der Waals surface area contributed by atoms with Gasteiger partial charge in [-0.25, -0.2) is 4.79 Å². The van der Waals surface area contributed by atoms with E-state index in [2.05, 4.69) is 0 Å². The topological polar surface area (TPSA) is 81.8 Å². The van der Waals surface area contributed by atoms with Crippen LogP contribution in [-0.4, -0.2) is 30.9 Å². The van der Waals surface area contributed by atoms with Gasteiger partial charge < -0.3 is 20.3 Å². The maximum absolute atomic E-state index is 11.0. The maximum atomic E-state index is 11.0. The lowest BCUT2D eigenvalue weighted by Crippen LogP contribution is -2.16. The normalized spacial score (nSPS) is 12.1. The third kappa shape index (κ3) is 3.96. The third-order valence-corrected chi connectivity index (χ3v) is 2.29. The van der Waals surface area contributed by atoms with Crippen molar-refractivity contribution in [1.82, 2.24) is 0 Å². The second kappa shape index (κ2) is 6.10. The van der Waals surface area contributed by atoms with E-state index in [0.717, 1.165) is 0 Å². The Labute approximate surface area is 100 Å². The van der Waals surface area contributed by atoms with Crippen LogP contribution in [0.5, 0.6) is 5.75 Å². The number of ether oxygens (including phenoxy) is 2. The minimum absolute atomic E-state index is 0.0780. The fourth-order valence-corrected chi connectivity index (χ4v) is 1.38. The Bertz CT molecular complexity index is 392. The number of anilines is 1. The van der Waals surface area contributed by atoms with Crippen molar-refractivity contribution in [2.24, 2.45) is 0 Å². The van der Waals surface area contributed by atoms with Crippen molar-refractivity contribution in [2.75, 3.05) is 19.5 Å². The second-order valence-electron chi connectivity index (χ2n) is 3.77. The average Bonchev–Trinajstić information content (AvgIpc) is 2.28. The molecule has 0 bridgehead atoms. The van der Waals surface area contributed by atoms with Crippen molar-refractivity contribution < 1.29 is 19.4 Å². The first kappa shape index (κ1) is 13.3. The molecule has 0 aromatic heterocycles. The first-order valence-corrected chi connectivity index (χ1v) is 5.33. The standard InChI is InChI=1S/C12H17NO4/c1-8(5-6-16-2)17-11-4-3-9(13)7-10(11)12(14)15/h3-4,7-8H,5-6,13H2,1-2H3,(H,14,15). The second-order valence-corrected chi connectivity index (χ2v) is 3.77. The van der Waals surface area contributed by atoms with Crippen LogP contribution in [0.25, 0.3) is 0 Å². The summed E-state index contributed by atoms with van der Waals surface area (Å²) in [5, 5.41) is 9.02. The van der Waals surface area contributed by atoms with Crippen LogP contribution in [0, 0.1) is 0 Å². The lowest BCUT2D eigenvalue weighted by Gasteiger charge is -2.16. The van der Waals surface area contributed by atoms with Gasteiger partial charge in [0.1, 0.15) is 11.3 Å². The Morgan fingerprint density at radius 1 is 1.53 bits per heavy atom. The molecule has 0 aliphatic rings. The number of carboxylic acid groups (broad SMARTS) is 1. The molecule has 1 atom stereocenters. The van der Waals surface area contributed by atoms with E-state index < -0.39 is 5.97 Å². The van der Waals surface area contributed by atoms with Gasteiger partial charge in [0.15, 0.2) is 0 Å². The summed E-state index contributed by atoms with van der Waals surface area (Å²) in [6.45, 7) is 2.43. The average molecular weight is 239 g/mol. The number of methoxy groups -OCH3 is 1. The van der Waals surface area contributed by atoms with Crippen LogP contribution in [0.1, 0.15) is 23.7 Å². The lowest BCUT2D eigenvalue weighted by atomic mass is 10.1. The largest absolute Gasteiger partial charge is 0.490 e. The van der Waals surface area contributed by atoms with Crippen LogP contribution >= 0.6 is 0 Å². The number of carboxylic acids is 1. The maximum Gasteiger partial charge on any atom is 0.339 e. The highest BCUT2D eigenvalue weighted by Gasteiger charge is 2.14. The van der Waals surface area contributed by atoms with Crippen molar-refractivity contribution in [2.45, 2.75) is 19.4 Å². The molecule has 1 rings (SSSR count). The highest BCUT2D eigenvalue weighted by Crippen LogP contribution is 2.23. The van der Waals surface area contributed by atoms with Gasteiger partial charge in [-0.15, -0.1) is 0 Å². The van der Waals surface area contributed by atoms with E-state index in [4.69, 9.17) is 20.3 Å². The van der Waals surface area contributed by atoms with Crippen molar-refractivity contribution in [1.29, 1.82) is 0 Å². The van der Waals surface area contributed by atoms with E-state index in [0.29, 0.717) is 24.5 Å². The van der Waals surface area contributed by atoms with Gasteiger partial charge in [-0.2, -0.15) is 0 Å². The Hall–Kier alpha value is -1.75. The molecule has 0 spiro atoms. The third-order valence-electron chi connectivity index (χ3n) is 2.29. The molecule has 1 aromatic carbocycles. The fraction of sp³-hybridized carbons (Fsp3) is 0.417. The minimum Gasteiger partial charge on any atom is -0.490 e. The predicted octanol–water partition coefficient (Wildman–Crippen LogP) is 1.77. The lowest BCUT2D eigenvalue weighted by molar-refractivity contribution is 0.0687. The van der Waals surface area contributed by atoms with E-state index in [1.165, 1.54) is 6.07 Å². The van der Waals surface area contributed by atoms with Crippen molar-refractivity contribution in [3.63, 3.8) is 0 Å². The highest BCUT2D eigenvalue weighted by molar-refractivity contribution is 5.92. The molecular formula is C12H17NO4. The van der Waals surface area contributed by atoms with Crippen LogP contribution < -0.4 is 10.5 Å². The van der Waals surface area contributed by atoms with Gasteiger partial charge in [0.25, 0.3) is 0 Å². The summed E-state index contributed by atoms with van der Waals surface area (Å²) in [5.41, 5.74) is 6.02. The van der Waals surface area contributed by atoms with Crippen LogP contribution in [0.2, 0.25) is 0 Å². The zero-order chi connectivity index (χ0) is 12.8. The molecule has 0 aliphatic carbocycles. The number of hydrogen-bond acceptors (Lipinski definition) is 4. The van der Waals surface area contributed by atoms with Gasteiger partial charge in [-0.3, -0.25) is 0 Å². The highest BCUT2D eigenvalue weighted by atomic mass is 16.5. The van der Waals surface area contributed by atoms with Gasteiger partial charge in [0.05, 0.1) is 6.10 Å². The molecule has 0 heterocycles. The van der Waals surface area contributed by atoms with Crippen LogP contribution in [0.4, 0.5) is 5.69 Å². The van der Waals surface area contributed by atoms with Gasteiger partial charge in [0, 0.05) is 25.8 Å². The molecule has 0 saturated carbocycles. The number of benzene rings is 1. The monoisotopic (exact) mass is 239 g/mol. The molecule has 1 aromatic rings. The summed E-state index contributed by atoms with van der Waals surface area (Å²) in [5.74, 6) is -0.721. The summed E-state index contributed by atoms with van der Waals surface area (Å²) >= 11 is 0. The molecule has 0 fully saturated rings. The molecule has 17 heavy (non-hydrogen) atoms. The summed E-state index contributed by atoms with van der Waals surface area (Å²) in [7, 11) is 1.61. The van der Waals surface area contributed by atoms with Gasteiger partial charge in [0.2, 0.25) is 0 Å². The molecule has 5 nitrogen and oxygen atoms in total. The number of nitrogens with two attached hydrogens (primary N) is 1. The number of nitrogen functional groups attached to an aromatic ring is 1. The quantitative estimate of drug-likeness (QED) is 0.739.